The van der Waals surface area contributed by atoms with Gasteiger partial charge in [-0.05, 0) is 35.6 Å². The van der Waals surface area contributed by atoms with Crippen molar-refractivity contribution >= 4 is 11.6 Å². The molecular formula is C28H27N5O5. The SMILES string of the molecule is CC(C)[C@@H]1NC(=O)[C@@H](N)Cc2ccc3c(c2)C2(c4ccccc4N[C@H]2O3)c2oc1nc2-c1nc(CO)co1. The van der Waals surface area contributed by atoms with Gasteiger partial charge in [-0.3, -0.25) is 4.79 Å². The Labute approximate surface area is 218 Å². The molecular weight excluding hydrogens is 486 g/mol. The van der Waals surface area contributed by atoms with Gasteiger partial charge in [0.1, 0.15) is 29.2 Å². The Morgan fingerprint density at radius 1 is 1.16 bits per heavy atom. The molecule has 2 aromatic heterocycles. The van der Waals surface area contributed by atoms with Crippen molar-refractivity contribution in [2.45, 2.75) is 50.6 Å². The number of amides is 1. The van der Waals surface area contributed by atoms with Gasteiger partial charge in [0, 0.05) is 11.3 Å². The molecule has 0 saturated carbocycles. The van der Waals surface area contributed by atoms with E-state index in [-0.39, 0.29) is 24.3 Å². The maximum atomic E-state index is 13.1. The maximum Gasteiger partial charge on any atom is 0.249 e. The van der Waals surface area contributed by atoms with E-state index >= 15 is 0 Å². The molecule has 0 radical (unpaired) electrons. The highest BCUT2D eigenvalue weighted by molar-refractivity contribution is 5.82. The van der Waals surface area contributed by atoms with Gasteiger partial charge in [-0.2, -0.15) is 0 Å². The molecule has 7 rings (SSSR count). The first kappa shape index (κ1) is 23.0. The fourth-order valence-corrected chi connectivity index (χ4v) is 5.84. The molecule has 38 heavy (non-hydrogen) atoms. The van der Waals surface area contributed by atoms with E-state index in [9.17, 15) is 9.90 Å². The maximum absolute atomic E-state index is 13.1. The van der Waals surface area contributed by atoms with Crippen LogP contribution in [-0.4, -0.2) is 33.3 Å². The van der Waals surface area contributed by atoms with Gasteiger partial charge < -0.3 is 35.0 Å². The third-order valence-corrected chi connectivity index (χ3v) is 7.69. The number of aromatic nitrogens is 2. The van der Waals surface area contributed by atoms with E-state index < -0.39 is 23.7 Å². The molecule has 1 spiro atoms. The van der Waals surface area contributed by atoms with Crippen molar-refractivity contribution in [2.75, 3.05) is 5.32 Å². The summed E-state index contributed by atoms with van der Waals surface area (Å²) in [6.45, 7) is 3.68. The molecule has 194 valence electrons. The molecule has 0 aliphatic carbocycles. The van der Waals surface area contributed by atoms with Crippen molar-refractivity contribution in [3.05, 3.63) is 82.8 Å². The van der Waals surface area contributed by atoms with Gasteiger partial charge in [0.25, 0.3) is 0 Å². The number of carbonyl (C=O) groups is 1. The highest BCUT2D eigenvalue weighted by Gasteiger charge is 2.61. The minimum Gasteiger partial charge on any atom is -0.469 e. The quantitative estimate of drug-likeness (QED) is 0.324. The molecule has 0 fully saturated rings. The highest BCUT2D eigenvalue weighted by atomic mass is 16.5. The number of aliphatic hydroxyl groups is 1. The molecule has 10 nitrogen and oxygen atoms in total. The van der Waals surface area contributed by atoms with Crippen LogP contribution in [0.1, 0.15) is 53.9 Å². The Kier molecular flexibility index (Phi) is 4.95. The number of para-hydroxylation sites is 1. The molecule has 3 aliphatic rings. The minimum atomic E-state index is -0.925. The molecule has 2 aromatic carbocycles. The van der Waals surface area contributed by atoms with Crippen LogP contribution >= 0.6 is 0 Å². The number of hydrogen-bond donors (Lipinski definition) is 4. The van der Waals surface area contributed by atoms with Crippen LogP contribution < -0.4 is 21.1 Å². The second-order valence-electron chi connectivity index (χ2n) is 10.4. The Hall–Kier alpha value is -4.15. The van der Waals surface area contributed by atoms with Crippen molar-refractivity contribution in [3.63, 3.8) is 0 Å². The normalized spacial score (nSPS) is 25.1. The summed E-state index contributed by atoms with van der Waals surface area (Å²) in [5, 5.41) is 16.2. The summed E-state index contributed by atoms with van der Waals surface area (Å²) in [4.78, 5) is 22.5. The lowest BCUT2D eigenvalue weighted by Gasteiger charge is -2.28. The summed E-state index contributed by atoms with van der Waals surface area (Å²) in [6, 6.07) is 12.6. The number of ether oxygens (including phenoxy) is 1. The van der Waals surface area contributed by atoms with E-state index in [1.54, 1.807) is 0 Å². The first-order valence-electron chi connectivity index (χ1n) is 12.7. The summed E-state index contributed by atoms with van der Waals surface area (Å²) in [5.41, 5.74) is 9.86. The minimum absolute atomic E-state index is 0.0542. The monoisotopic (exact) mass is 513 g/mol. The standard InChI is InChI=1S/C28H27N5O5/c1-13(2)21-26-33-22(25-30-15(11-34)12-36-25)23(38-26)28-16-5-3-4-6-19(16)31-27(28)37-20-8-7-14(9-17(20)28)10-18(29)24(35)32-21/h3-9,12-13,18,21,27,31,34H,10-11,29H2,1-2H3,(H,32,35)/t18-,21-,27-,28?/m0/s1. The van der Waals surface area contributed by atoms with Gasteiger partial charge >= 0.3 is 0 Å². The van der Waals surface area contributed by atoms with Crippen LogP contribution in [0, 0.1) is 5.92 Å². The zero-order valence-electron chi connectivity index (χ0n) is 20.9. The topological polar surface area (TPSA) is 149 Å². The molecule has 10 heteroatoms. The van der Waals surface area contributed by atoms with E-state index in [2.05, 4.69) is 15.6 Å². The largest absolute Gasteiger partial charge is 0.469 e. The summed E-state index contributed by atoms with van der Waals surface area (Å²) < 4.78 is 19.0. The molecule has 4 atom stereocenters. The van der Waals surface area contributed by atoms with Crippen molar-refractivity contribution in [1.82, 2.24) is 15.3 Å². The number of nitrogens with zero attached hydrogens (tertiary/aromatic N) is 2. The van der Waals surface area contributed by atoms with Crippen LogP contribution in [0.5, 0.6) is 5.75 Å². The van der Waals surface area contributed by atoms with E-state index in [0.717, 1.165) is 22.4 Å². The Morgan fingerprint density at radius 2 is 2.00 bits per heavy atom. The number of anilines is 1. The lowest BCUT2D eigenvalue weighted by molar-refractivity contribution is -0.123. The van der Waals surface area contributed by atoms with Gasteiger partial charge in [0.2, 0.25) is 17.7 Å². The van der Waals surface area contributed by atoms with E-state index in [4.69, 9.17) is 24.3 Å². The molecule has 0 saturated heterocycles. The smallest absolute Gasteiger partial charge is 0.249 e. The number of nitrogens with one attached hydrogen (secondary N) is 2. The average molecular weight is 514 g/mol. The van der Waals surface area contributed by atoms with Crippen LogP contribution in [0.2, 0.25) is 0 Å². The zero-order valence-corrected chi connectivity index (χ0v) is 20.9. The van der Waals surface area contributed by atoms with Crippen molar-refractivity contribution in [2.24, 2.45) is 11.7 Å². The number of rotatable bonds is 3. The van der Waals surface area contributed by atoms with E-state index in [0.29, 0.717) is 35.2 Å². The van der Waals surface area contributed by atoms with E-state index in [1.165, 1.54) is 6.26 Å². The fourth-order valence-electron chi connectivity index (χ4n) is 5.84. The summed E-state index contributed by atoms with van der Waals surface area (Å²) >= 11 is 0. The lowest BCUT2D eigenvalue weighted by Crippen LogP contribution is -2.45. The van der Waals surface area contributed by atoms with E-state index in [1.807, 2.05) is 56.3 Å². The van der Waals surface area contributed by atoms with Gasteiger partial charge in [-0.15, -0.1) is 0 Å². The predicted molar refractivity (Wildman–Crippen MR) is 136 cm³/mol. The van der Waals surface area contributed by atoms with Crippen molar-refractivity contribution in [1.29, 1.82) is 0 Å². The number of nitrogens with two attached hydrogens (primary N) is 1. The van der Waals surface area contributed by atoms with Gasteiger partial charge in [-0.1, -0.05) is 44.2 Å². The van der Waals surface area contributed by atoms with Crippen molar-refractivity contribution < 1.29 is 23.5 Å². The number of benzene rings is 2. The van der Waals surface area contributed by atoms with Crippen LogP contribution in [0.3, 0.4) is 0 Å². The van der Waals surface area contributed by atoms with Crippen LogP contribution in [0.25, 0.3) is 11.6 Å². The average Bonchev–Trinajstić information content (AvgIpc) is 3.66. The van der Waals surface area contributed by atoms with Crippen LogP contribution in [-0.2, 0) is 23.2 Å². The second kappa shape index (κ2) is 8.17. The zero-order chi connectivity index (χ0) is 26.2. The summed E-state index contributed by atoms with van der Waals surface area (Å²) in [5.74, 6) is 1.37. The van der Waals surface area contributed by atoms with Crippen molar-refractivity contribution in [3.8, 4) is 17.3 Å². The Morgan fingerprint density at radius 3 is 2.79 bits per heavy atom. The summed E-state index contributed by atoms with van der Waals surface area (Å²) in [6.07, 6.45) is 1.23. The second-order valence-corrected chi connectivity index (χ2v) is 10.4. The molecule has 1 amide bonds. The van der Waals surface area contributed by atoms with Crippen LogP contribution in [0.4, 0.5) is 5.69 Å². The molecule has 5 heterocycles. The number of oxazole rings is 2. The molecule has 4 aromatic rings. The number of aliphatic hydroxyl groups excluding tert-OH is 1. The molecule has 4 bridgehead atoms. The van der Waals surface area contributed by atoms with Crippen LogP contribution in [0.15, 0.2) is 57.6 Å². The molecule has 3 aliphatic heterocycles. The number of hydrogen-bond acceptors (Lipinski definition) is 9. The predicted octanol–water partition coefficient (Wildman–Crippen LogP) is 3.00. The lowest BCUT2D eigenvalue weighted by atomic mass is 9.72. The third-order valence-electron chi connectivity index (χ3n) is 7.69. The Bertz CT molecular complexity index is 1580. The van der Waals surface area contributed by atoms with Gasteiger partial charge in [0.05, 0.1) is 12.6 Å². The highest BCUT2D eigenvalue weighted by Crippen LogP contribution is 2.59. The summed E-state index contributed by atoms with van der Waals surface area (Å²) in [7, 11) is 0. The fraction of sp³-hybridized carbons (Fsp3) is 0.321. The molecule has 1 unspecified atom stereocenters. The third kappa shape index (κ3) is 3.10. The molecule has 5 N–H and O–H groups in total. The Balaban J connectivity index is 1.58. The first-order chi connectivity index (χ1) is 18.4. The van der Waals surface area contributed by atoms with Gasteiger partial charge in [0.15, 0.2) is 17.7 Å². The number of carbonyl (C=O) groups excluding carboxylic acids is 1. The number of fused-ring (bicyclic) bond motifs is 4. The first-order valence-corrected chi connectivity index (χ1v) is 12.7. The van der Waals surface area contributed by atoms with Gasteiger partial charge in [-0.25, -0.2) is 9.97 Å².